The van der Waals surface area contributed by atoms with Gasteiger partial charge in [0.05, 0.1) is 18.8 Å². The minimum absolute atomic E-state index is 0.232. The first kappa shape index (κ1) is 12.6. The van der Waals surface area contributed by atoms with Gasteiger partial charge < -0.3 is 4.74 Å². The van der Waals surface area contributed by atoms with Gasteiger partial charge in [-0.25, -0.2) is 4.79 Å². The summed E-state index contributed by atoms with van der Waals surface area (Å²) in [5, 5.41) is 5.32. The molecule has 0 aromatic carbocycles. The number of aryl methyl sites for hydroxylation is 2. The van der Waals surface area contributed by atoms with Crippen LogP contribution in [0.15, 0.2) is 0 Å². The lowest BCUT2D eigenvalue weighted by atomic mass is 9.96. The van der Waals surface area contributed by atoms with E-state index in [0.29, 0.717) is 18.8 Å². The molecule has 0 radical (unpaired) electrons. The molecule has 0 fully saturated rings. The van der Waals surface area contributed by atoms with Gasteiger partial charge in [-0.2, -0.15) is 5.10 Å². The van der Waals surface area contributed by atoms with Crippen molar-refractivity contribution in [3.8, 4) is 0 Å². The number of ether oxygens (including phenoxy) is 1. The number of hydrogen-bond acceptors (Lipinski definition) is 3. The van der Waals surface area contributed by atoms with E-state index in [9.17, 15) is 4.79 Å². The highest BCUT2D eigenvalue weighted by Gasteiger charge is 2.25. The summed E-state index contributed by atoms with van der Waals surface area (Å²) in [6, 6.07) is 0. The van der Waals surface area contributed by atoms with Crippen molar-refractivity contribution in [1.82, 2.24) is 9.78 Å². The predicted molar refractivity (Wildman–Crippen MR) is 68.6 cm³/mol. The lowest BCUT2D eigenvalue weighted by molar-refractivity contribution is 0.0511. The zero-order valence-electron chi connectivity index (χ0n) is 10.0. The zero-order valence-corrected chi connectivity index (χ0v) is 11.6. The Labute approximate surface area is 109 Å². The summed E-state index contributed by atoms with van der Waals surface area (Å²) in [5.41, 5.74) is 2.86. The van der Waals surface area contributed by atoms with Crippen LogP contribution in [0.5, 0.6) is 0 Å². The first-order valence-corrected chi connectivity index (χ1v) is 7.21. The van der Waals surface area contributed by atoms with E-state index in [1.165, 1.54) is 6.42 Å². The van der Waals surface area contributed by atoms with Crippen LogP contribution in [0.4, 0.5) is 0 Å². The molecule has 0 bridgehead atoms. The molecule has 0 amide bonds. The van der Waals surface area contributed by atoms with E-state index < -0.39 is 0 Å². The molecule has 5 heteroatoms. The molecule has 2 rings (SSSR count). The molecule has 0 aliphatic heterocycles. The minimum Gasteiger partial charge on any atom is -0.461 e. The second-order valence-electron chi connectivity index (χ2n) is 4.11. The number of halogens is 1. The summed E-state index contributed by atoms with van der Waals surface area (Å²) in [4.78, 5) is 12.0. The first-order valence-electron chi connectivity index (χ1n) is 6.09. The van der Waals surface area contributed by atoms with Crippen LogP contribution in [0.3, 0.4) is 0 Å². The Balaban J connectivity index is 2.38. The Hall–Kier alpha value is -0.840. The maximum atomic E-state index is 12.0. The van der Waals surface area contributed by atoms with Gasteiger partial charge in [-0.05, 0) is 32.6 Å². The van der Waals surface area contributed by atoms with Gasteiger partial charge in [0.1, 0.15) is 5.69 Å². The Morgan fingerprint density at radius 2 is 2.24 bits per heavy atom. The highest BCUT2D eigenvalue weighted by molar-refractivity contribution is 9.09. The number of carbonyl (C=O) groups is 1. The molecule has 0 N–H and O–H groups in total. The van der Waals surface area contributed by atoms with Crippen LogP contribution in [0.2, 0.25) is 0 Å². The standard InChI is InChI=1S/C12H17BrN2O2/c1-2-17-12(16)11-9-5-3-4-6-10(9)14-15(11)8-7-13/h2-8H2,1H3. The molecule has 0 atom stereocenters. The smallest absolute Gasteiger partial charge is 0.356 e. The third kappa shape index (κ3) is 2.54. The van der Waals surface area contributed by atoms with Gasteiger partial charge in [0, 0.05) is 10.9 Å². The number of carbonyl (C=O) groups excluding carboxylic acids is 1. The van der Waals surface area contributed by atoms with E-state index in [2.05, 4.69) is 21.0 Å². The molecule has 4 nitrogen and oxygen atoms in total. The van der Waals surface area contributed by atoms with E-state index in [1.54, 1.807) is 4.68 Å². The molecule has 1 heterocycles. The summed E-state index contributed by atoms with van der Waals surface area (Å²) in [6.07, 6.45) is 4.24. The predicted octanol–water partition coefficient (Wildman–Crippen LogP) is 2.33. The van der Waals surface area contributed by atoms with Crippen LogP contribution >= 0.6 is 15.9 Å². The van der Waals surface area contributed by atoms with Gasteiger partial charge in [-0.15, -0.1) is 0 Å². The number of hydrogen-bond donors (Lipinski definition) is 0. The SMILES string of the molecule is CCOC(=O)c1c2c(nn1CCBr)CCCC2. The molecule has 1 aliphatic rings. The van der Waals surface area contributed by atoms with Crippen molar-refractivity contribution < 1.29 is 9.53 Å². The summed E-state index contributed by atoms with van der Waals surface area (Å²) < 4.78 is 6.92. The van der Waals surface area contributed by atoms with Crippen LogP contribution in [-0.2, 0) is 24.1 Å². The van der Waals surface area contributed by atoms with E-state index in [1.807, 2.05) is 6.92 Å². The van der Waals surface area contributed by atoms with Crippen molar-refractivity contribution in [1.29, 1.82) is 0 Å². The highest BCUT2D eigenvalue weighted by Crippen LogP contribution is 2.24. The molecule has 17 heavy (non-hydrogen) atoms. The number of esters is 1. The first-order chi connectivity index (χ1) is 8.27. The summed E-state index contributed by atoms with van der Waals surface area (Å²) >= 11 is 3.39. The average Bonchev–Trinajstić information content (AvgIpc) is 2.67. The second-order valence-corrected chi connectivity index (χ2v) is 4.91. The van der Waals surface area contributed by atoms with Crippen molar-refractivity contribution in [2.75, 3.05) is 11.9 Å². The van der Waals surface area contributed by atoms with Crippen molar-refractivity contribution in [3.63, 3.8) is 0 Å². The molecule has 0 spiro atoms. The number of alkyl halides is 1. The summed E-state index contributed by atoms with van der Waals surface area (Å²) in [7, 11) is 0. The van der Waals surface area contributed by atoms with E-state index in [4.69, 9.17) is 4.74 Å². The van der Waals surface area contributed by atoms with Crippen molar-refractivity contribution in [3.05, 3.63) is 17.0 Å². The average molecular weight is 301 g/mol. The monoisotopic (exact) mass is 300 g/mol. The van der Waals surface area contributed by atoms with Gasteiger partial charge in [0.2, 0.25) is 0 Å². The molecule has 1 aliphatic carbocycles. The summed E-state index contributed by atoms with van der Waals surface area (Å²) in [5.74, 6) is -0.232. The van der Waals surface area contributed by atoms with Crippen LogP contribution in [0.25, 0.3) is 0 Å². The highest BCUT2D eigenvalue weighted by atomic mass is 79.9. The van der Waals surface area contributed by atoms with Gasteiger partial charge in [0.25, 0.3) is 0 Å². The van der Waals surface area contributed by atoms with Crippen LogP contribution in [-0.4, -0.2) is 27.7 Å². The number of aromatic nitrogens is 2. The fraction of sp³-hybridized carbons (Fsp3) is 0.667. The van der Waals surface area contributed by atoms with Crippen LogP contribution in [0, 0.1) is 0 Å². The Morgan fingerprint density at radius 3 is 2.94 bits per heavy atom. The normalized spacial score (nSPS) is 14.5. The molecule has 0 saturated heterocycles. The molecular formula is C12H17BrN2O2. The Morgan fingerprint density at radius 1 is 1.47 bits per heavy atom. The summed E-state index contributed by atoms with van der Waals surface area (Å²) in [6.45, 7) is 2.95. The topological polar surface area (TPSA) is 44.1 Å². The Kier molecular flexibility index (Phi) is 4.20. The van der Waals surface area contributed by atoms with Gasteiger partial charge in [-0.1, -0.05) is 15.9 Å². The van der Waals surface area contributed by atoms with Gasteiger partial charge in [-0.3, -0.25) is 4.68 Å². The third-order valence-corrected chi connectivity index (χ3v) is 3.34. The van der Waals surface area contributed by atoms with E-state index in [-0.39, 0.29) is 5.97 Å². The second kappa shape index (κ2) is 5.67. The third-order valence-electron chi connectivity index (χ3n) is 2.99. The van der Waals surface area contributed by atoms with Gasteiger partial charge >= 0.3 is 5.97 Å². The van der Waals surface area contributed by atoms with E-state index in [0.717, 1.165) is 35.8 Å². The van der Waals surface area contributed by atoms with Crippen molar-refractivity contribution in [2.24, 2.45) is 0 Å². The lowest BCUT2D eigenvalue weighted by Gasteiger charge is -2.10. The molecule has 94 valence electrons. The maximum Gasteiger partial charge on any atom is 0.356 e. The van der Waals surface area contributed by atoms with Crippen molar-refractivity contribution in [2.45, 2.75) is 39.2 Å². The maximum absolute atomic E-state index is 12.0. The lowest BCUT2D eigenvalue weighted by Crippen LogP contribution is -2.16. The van der Waals surface area contributed by atoms with Gasteiger partial charge in [0.15, 0.2) is 0 Å². The molecule has 0 saturated carbocycles. The molecule has 1 aromatic rings. The number of nitrogens with zero attached hydrogens (tertiary/aromatic N) is 2. The fourth-order valence-corrected chi connectivity index (χ4v) is 2.61. The van der Waals surface area contributed by atoms with E-state index >= 15 is 0 Å². The largest absolute Gasteiger partial charge is 0.461 e. The molecular weight excluding hydrogens is 284 g/mol. The van der Waals surface area contributed by atoms with Crippen molar-refractivity contribution >= 4 is 21.9 Å². The zero-order chi connectivity index (χ0) is 12.3. The number of rotatable bonds is 4. The van der Waals surface area contributed by atoms with Crippen LogP contribution < -0.4 is 0 Å². The number of fused-ring (bicyclic) bond motifs is 1. The van der Waals surface area contributed by atoms with Crippen LogP contribution in [0.1, 0.15) is 41.5 Å². The molecule has 0 unspecified atom stereocenters. The minimum atomic E-state index is -0.232. The quantitative estimate of drug-likeness (QED) is 0.633. The Bertz CT molecular complexity index is 415. The molecule has 1 aromatic heterocycles. The fourth-order valence-electron chi connectivity index (χ4n) is 2.28.